The zero-order valence-electron chi connectivity index (χ0n) is 23.7. The Hall–Kier alpha value is -4.95. The molecule has 0 amide bonds. The summed E-state index contributed by atoms with van der Waals surface area (Å²) >= 11 is 0. The number of Topliss-reactive ketones (excluding diaryl/α,β-unsaturated/α-hetero) is 1. The van der Waals surface area contributed by atoms with Crippen molar-refractivity contribution >= 4 is 11.9 Å². The molecule has 0 saturated carbocycles. The molecule has 0 saturated heterocycles. The van der Waals surface area contributed by atoms with Crippen LogP contribution in [0, 0.1) is 0 Å². The number of methoxy groups -OCH3 is 1. The lowest BCUT2D eigenvalue weighted by molar-refractivity contribution is 0.0840. The third kappa shape index (κ3) is 6.93. The predicted molar refractivity (Wildman–Crippen MR) is 162 cm³/mol. The summed E-state index contributed by atoms with van der Waals surface area (Å²) in [5, 5.41) is 51.5. The summed E-state index contributed by atoms with van der Waals surface area (Å²) < 4.78 is 11.9. The minimum Gasteiger partial charge on any atom is -0.508 e. The molecule has 0 unspecified atom stereocenters. The first-order chi connectivity index (χ1) is 20.7. The Labute approximate surface area is 249 Å². The highest BCUT2D eigenvalue weighted by Crippen LogP contribution is 2.49. The van der Waals surface area contributed by atoms with Gasteiger partial charge in [-0.15, -0.1) is 0 Å². The molecule has 0 radical (unpaired) electrons. The molecular weight excluding hydrogens is 548 g/mol. The molecule has 0 fully saturated rings. The van der Waals surface area contributed by atoms with Gasteiger partial charge in [0.25, 0.3) is 0 Å². The Morgan fingerprint density at radius 3 is 2.14 bits per heavy atom. The molecule has 0 aromatic heterocycles. The Kier molecular flexibility index (Phi) is 8.87. The minimum atomic E-state index is -0.785. The molecule has 0 spiro atoms. The van der Waals surface area contributed by atoms with E-state index in [0.717, 1.165) is 11.1 Å². The van der Waals surface area contributed by atoms with Crippen LogP contribution in [0.3, 0.4) is 0 Å². The van der Waals surface area contributed by atoms with E-state index in [1.165, 1.54) is 25.3 Å². The fraction of sp³-hybridized carbons (Fsp3) is 0.229. The number of allylic oxidation sites excluding steroid dienone is 1. The maximum Gasteiger partial charge on any atom is 0.174 e. The van der Waals surface area contributed by atoms with Gasteiger partial charge in [-0.1, -0.05) is 48.6 Å². The number of aromatic hydroxyl groups is 4. The van der Waals surface area contributed by atoms with Crippen molar-refractivity contribution in [2.45, 2.75) is 43.8 Å². The quantitative estimate of drug-likeness (QED) is 0.145. The van der Waals surface area contributed by atoms with E-state index in [9.17, 15) is 30.3 Å². The second kappa shape index (κ2) is 12.9. The zero-order chi connectivity index (χ0) is 30.5. The number of aliphatic hydroxyl groups excluding tert-OH is 1. The van der Waals surface area contributed by atoms with Gasteiger partial charge in [-0.3, -0.25) is 4.79 Å². The van der Waals surface area contributed by atoms with Crippen LogP contribution in [0.4, 0.5) is 0 Å². The Morgan fingerprint density at radius 2 is 1.51 bits per heavy atom. The standard InChI is InChI=1S/C35H34O8/c1-42-32-20-29(40)33(35-34(32)30(41)19-31(43-35)23-9-16-27(38)17-10-23)24(8-2-21-3-11-25(36)12-4-21)18-28(39)15-7-22-5-13-26(37)14-6-22/h2-6,8-14,16-17,20,24,28,31,36-40H,7,15,18-19H2,1H3/b8-2+/t24-,28+,31+/m1/s1. The number of rotatable bonds is 10. The van der Waals surface area contributed by atoms with Crippen molar-refractivity contribution < 1.29 is 39.8 Å². The second-order valence-electron chi connectivity index (χ2n) is 10.7. The number of fused-ring (bicyclic) bond motifs is 1. The van der Waals surface area contributed by atoms with Crippen LogP contribution in [0.15, 0.2) is 84.9 Å². The van der Waals surface area contributed by atoms with Crippen molar-refractivity contribution in [3.8, 4) is 34.5 Å². The topological polar surface area (TPSA) is 137 Å². The fourth-order valence-corrected chi connectivity index (χ4v) is 5.38. The number of aliphatic hydroxyl groups is 1. The van der Waals surface area contributed by atoms with Crippen molar-refractivity contribution in [3.05, 3.63) is 113 Å². The van der Waals surface area contributed by atoms with Crippen molar-refractivity contribution in [2.24, 2.45) is 0 Å². The summed E-state index contributed by atoms with van der Waals surface area (Å²) in [5.74, 6) is -0.151. The molecule has 1 heterocycles. The Bertz CT molecular complexity index is 1590. The number of carbonyl (C=O) groups is 1. The van der Waals surface area contributed by atoms with Crippen LogP contribution in [0.2, 0.25) is 0 Å². The molecule has 222 valence electrons. The van der Waals surface area contributed by atoms with Gasteiger partial charge < -0.3 is 35.0 Å². The lowest BCUT2D eigenvalue weighted by atomic mass is 9.85. The number of benzene rings is 4. The second-order valence-corrected chi connectivity index (χ2v) is 10.7. The Balaban J connectivity index is 1.53. The summed E-state index contributed by atoms with van der Waals surface area (Å²) in [5.41, 5.74) is 3.03. The van der Waals surface area contributed by atoms with Gasteiger partial charge in [-0.25, -0.2) is 0 Å². The van der Waals surface area contributed by atoms with Crippen LogP contribution in [0.5, 0.6) is 34.5 Å². The van der Waals surface area contributed by atoms with Gasteiger partial charge in [0.2, 0.25) is 0 Å². The molecule has 4 aromatic carbocycles. The van der Waals surface area contributed by atoms with Crippen LogP contribution < -0.4 is 9.47 Å². The largest absolute Gasteiger partial charge is 0.508 e. The van der Waals surface area contributed by atoms with Crippen LogP contribution >= 0.6 is 0 Å². The minimum absolute atomic E-state index is 0.0433. The fourth-order valence-electron chi connectivity index (χ4n) is 5.38. The van der Waals surface area contributed by atoms with Crippen LogP contribution in [0.1, 0.15) is 63.9 Å². The molecule has 1 aliphatic heterocycles. The summed E-state index contributed by atoms with van der Waals surface area (Å²) in [7, 11) is 1.42. The lowest BCUT2D eigenvalue weighted by Gasteiger charge is -2.31. The van der Waals surface area contributed by atoms with E-state index in [1.807, 2.05) is 12.2 Å². The number of ketones is 1. The number of ether oxygens (including phenoxy) is 2. The molecule has 1 aliphatic rings. The normalized spacial score (nSPS) is 16.0. The molecule has 5 rings (SSSR count). The average molecular weight is 583 g/mol. The number of phenolic OH excluding ortho intramolecular Hbond substituents is 4. The van der Waals surface area contributed by atoms with E-state index in [0.29, 0.717) is 24.0 Å². The first kappa shape index (κ1) is 29.5. The summed E-state index contributed by atoms with van der Waals surface area (Å²) in [6.45, 7) is 0. The molecule has 0 aliphatic carbocycles. The van der Waals surface area contributed by atoms with E-state index in [4.69, 9.17) is 9.47 Å². The van der Waals surface area contributed by atoms with Gasteiger partial charge in [0.05, 0.1) is 19.6 Å². The monoisotopic (exact) mass is 582 g/mol. The molecule has 43 heavy (non-hydrogen) atoms. The SMILES string of the molecule is COc1cc(O)c([C@H](/C=C/c2ccc(O)cc2)C[C@@H](O)CCc2ccc(O)cc2)c2c1C(=O)C[C@@H](c1ccc(O)cc1)O2. The third-order valence-corrected chi connectivity index (χ3v) is 7.67. The van der Waals surface area contributed by atoms with Crippen LogP contribution in [-0.4, -0.2) is 44.5 Å². The Morgan fingerprint density at radius 1 is 0.907 bits per heavy atom. The third-order valence-electron chi connectivity index (χ3n) is 7.67. The highest BCUT2D eigenvalue weighted by Gasteiger charge is 2.36. The average Bonchev–Trinajstić information content (AvgIpc) is 2.99. The van der Waals surface area contributed by atoms with Gasteiger partial charge in [0.15, 0.2) is 5.78 Å². The van der Waals surface area contributed by atoms with Gasteiger partial charge in [-0.2, -0.15) is 0 Å². The van der Waals surface area contributed by atoms with E-state index in [2.05, 4.69) is 0 Å². The number of phenols is 4. The molecule has 8 nitrogen and oxygen atoms in total. The summed E-state index contributed by atoms with van der Waals surface area (Å²) in [4.78, 5) is 13.5. The predicted octanol–water partition coefficient (Wildman–Crippen LogP) is 6.40. The zero-order valence-corrected chi connectivity index (χ0v) is 23.7. The highest BCUT2D eigenvalue weighted by molar-refractivity contribution is 6.03. The molecule has 4 aromatic rings. The maximum atomic E-state index is 13.5. The lowest BCUT2D eigenvalue weighted by Crippen LogP contribution is -2.23. The summed E-state index contributed by atoms with van der Waals surface area (Å²) in [6, 6.07) is 21.3. The number of carbonyl (C=O) groups excluding carboxylic acids is 1. The van der Waals surface area contributed by atoms with Crippen molar-refractivity contribution in [3.63, 3.8) is 0 Å². The van der Waals surface area contributed by atoms with Crippen LogP contribution in [-0.2, 0) is 6.42 Å². The first-order valence-corrected chi connectivity index (χ1v) is 14.1. The van der Waals surface area contributed by atoms with Crippen molar-refractivity contribution in [1.29, 1.82) is 0 Å². The van der Waals surface area contributed by atoms with Gasteiger partial charge >= 0.3 is 0 Å². The van der Waals surface area contributed by atoms with E-state index < -0.39 is 18.1 Å². The number of hydrogen-bond acceptors (Lipinski definition) is 8. The van der Waals surface area contributed by atoms with Gasteiger partial charge in [-0.05, 0) is 72.4 Å². The summed E-state index contributed by atoms with van der Waals surface area (Å²) in [6.07, 6.45) is 3.47. The maximum absolute atomic E-state index is 13.5. The van der Waals surface area contributed by atoms with E-state index in [-0.39, 0.29) is 58.7 Å². The highest BCUT2D eigenvalue weighted by atomic mass is 16.5. The molecular formula is C35H34O8. The molecule has 5 N–H and O–H groups in total. The number of hydrogen-bond donors (Lipinski definition) is 5. The first-order valence-electron chi connectivity index (χ1n) is 14.1. The number of aryl methyl sites for hydroxylation is 1. The van der Waals surface area contributed by atoms with Crippen molar-refractivity contribution in [1.82, 2.24) is 0 Å². The van der Waals surface area contributed by atoms with E-state index in [1.54, 1.807) is 60.7 Å². The van der Waals surface area contributed by atoms with Gasteiger partial charge in [0.1, 0.15) is 46.2 Å². The van der Waals surface area contributed by atoms with Gasteiger partial charge in [0, 0.05) is 17.5 Å². The van der Waals surface area contributed by atoms with E-state index >= 15 is 0 Å². The molecule has 0 bridgehead atoms. The smallest absolute Gasteiger partial charge is 0.174 e. The van der Waals surface area contributed by atoms with Crippen molar-refractivity contribution in [2.75, 3.05) is 7.11 Å². The molecule has 8 heteroatoms. The molecule has 3 atom stereocenters. The van der Waals surface area contributed by atoms with Crippen LogP contribution in [0.25, 0.3) is 6.08 Å².